The van der Waals surface area contributed by atoms with Crippen LogP contribution in [0.4, 0.5) is 0 Å². The molecule has 106 valence electrons. The van der Waals surface area contributed by atoms with E-state index < -0.39 is 5.97 Å². The van der Waals surface area contributed by atoms with Crippen LogP contribution < -0.4 is 0 Å². The van der Waals surface area contributed by atoms with Gasteiger partial charge in [-0.1, -0.05) is 0 Å². The second-order valence-electron chi connectivity index (χ2n) is 4.12. The lowest BCUT2D eigenvalue weighted by atomic mass is 10.2. The third kappa shape index (κ3) is 4.21. The van der Waals surface area contributed by atoms with Crippen LogP contribution in [0.1, 0.15) is 33.5 Å². The minimum atomic E-state index is -1.02. The highest BCUT2D eigenvalue weighted by atomic mass is 32.1. The number of nitriles is 1. The maximum absolute atomic E-state index is 12.3. The van der Waals surface area contributed by atoms with Crippen LogP contribution in [0.2, 0.25) is 0 Å². The van der Waals surface area contributed by atoms with E-state index in [0.29, 0.717) is 24.4 Å². The number of thiophene rings is 1. The van der Waals surface area contributed by atoms with Crippen molar-refractivity contribution in [1.82, 2.24) is 4.90 Å². The summed E-state index contributed by atoms with van der Waals surface area (Å²) in [5.74, 6) is -1.14. The SMILES string of the molecule is CCN(CCC#N)C(=O)c1cc(C)c(/C=C/C(=O)O)s1. The van der Waals surface area contributed by atoms with Crippen molar-refractivity contribution in [2.24, 2.45) is 0 Å². The molecule has 0 aromatic carbocycles. The van der Waals surface area contributed by atoms with Crippen LogP contribution in [0.25, 0.3) is 6.08 Å². The van der Waals surface area contributed by atoms with Crippen molar-refractivity contribution in [1.29, 1.82) is 5.26 Å². The van der Waals surface area contributed by atoms with E-state index in [9.17, 15) is 9.59 Å². The van der Waals surface area contributed by atoms with E-state index in [4.69, 9.17) is 10.4 Å². The molecule has 1 amide bonds. The Hall–Kier alpha value is -2.13. The maximum Gasteiger partial charge on any atom is 0.328 e. The van der Waals surface area contributed by atoms with Crippen molar-refractivity contribution in [2.75, 3.05) is 13.1 Å². The molecule has 1 heterocycles. The van der Waals surface area contributed by atoms with Crippen LogP contribution in [0, 0.1) is 18.3 Å². The van der Waals surface area contributed by atoms with Crippen molar-refractivity contribution in [3.05, 3.63) is 27.5 Å². The van der Waals surface area contributed by atoms with Gasteiger partial charge in [0.15, 0.2) is 0 Å². The Morgan fingerprint density at radius 3 is 2.80 bits per heavy atom. The zero-order valence-electron chi connectivity index (χ0n) is 11.4. The highest BCUT2D eigenvalue weighted by Crippen LogP contribution is 2.24. The van der Waals surface area contributed by atoms with E-state index in [1.165, 1.54) is 17.4 Å². The number of carbonyl (C=O) groups excluding carboxylic acids is 1. The molecule has 0 aliphatic heterocycles. The van der Waals surface area contributed by atoms with Gasteiger partial charge in [-0.25, -0.2) is 4.79 Å². The van der Waals surface area contributed by atoms with Gasteiger partial charge >= 0.3 is 5.97 Å². The quantitative estimate of drug-likeness (QED) is 0.817. The fourth-order valence-corrected chi connectivity index (χ4v) is 2.70. The van der Waals surface area contributed by atoms with Gasteiger partial charge in [-0.05, 0) is 31.6 Å². The predicted molar refractivity (Wildman–Crippen MR) is 77.5 cm³/mol. The van der Waals surface area contributed by atoms with Crippen LogP contribution in [0.3, 0.4) is 0 Å². The minimum Gasteiger partial charge on any atom is -0.478 e. The van der Waals surface area contributed by atoms with Gasteiger partial charge in [0.25, 0.3) is 5.91 Å². The normalized spacial score (nSPS) is 10.4. The molecule has 1 N–H and O–H groups in total. The van der Waals surface area contributed by atoms with Gasteiger partial charge in [0.2, 0.25) is 0 Å². The summed E-state index contributed by atoms with van der Waals surface area (Å²) in [6, 6.07) is 3.77. The van der Waals surface area contributed by atoms with E-state index >= 15 is 0 Å². The summed E-state index contributed by atoms with van der Waals surface area (Å²) in [4.78, 5) is 25.7. The summed E-state index contributed by atoms with van der Waals surface area (Å²) in [5, 5.41) is 17.2. The van der Waals surface area contributed by atoms with Gasteiger partial charge in [-0.3, -0.25) is 4.79 Å². The Kier molecular flexibility index (Phi) is 5.94. The summed E-state index contributed by atoms with van der Waals surface area (Å²) in [6.45, 7) is 4.64. The lowest BCUT2D eigenvalue weighted by molar-refractivity contribution is -0.131. The molecule has 0 saturated heterocycles. The Balaban J connectivity index is 2.91. The van der Waals surface area contributed by atoms with E-state index in [2.05, 4.69) is 0 Å². The zero-order valence-corrected chi connectivity index (χ0v) is 12.2. The number of amides is 1. The first-order valence-electron chi connectivity index (χ1n) is 6.17. The number of aliphatic carboxylic acids is 1. The summed E-state index contributed by atoms with van der Waals surface area (Å²) in [5.41, 5.74) is 0.868. The molecule has 1 rings (SSSR count). The lowest BCUT2D eigenvalue weighted by Crippen LogP contribution is -2.31. The summed E-state index contributed by atoms with van der Waals surface area (Å²) in [6.07, 6.45) is 2.85. The minimum absolute atomic E-state index is 0.120. The molecule has 5 nitrogen and oxygen atoms in total. The maximum atomic E-state index is 12.3. The van der Waals surface area contributed by atoms with Crippen LogP contribution in [-0.2, 0) is 4.79 Å². The van der Waals surface area contributed by atoms with Crippen LogP contribution >= 0.6 is 11.3 Å². The predicted octanol–water partition coefficient (Wildman–Crippen LogP) is 2.53. The van der Waals surface area contributed by atoms with Crippen LogP contribution in [0.15, 0.2) is 12.1 Å². The number of carboxylic acid groups (broad SMARTS) is 1. The Morgan fingerprint density at radius 2 is 2.25 bits per heavy atom. The van der Waals surface area contributed by atoms with Crippen molar-refractivity contribution >= 4 is 29.3 Å². The van der Waals surface area contributed by atoms with Crippen molar-refractivity contribution in [2.45, 2.75) is 20.3 Å². The van der Waals surface area contributed by atoms with Gasteiger partial charge in [-0.15, -0.1) is 11.3 Å². The van der Waals surface area contributed by atoms with Crippen molar-refractivity contribution < 1.29 is 14.7 Å². The third-order valence-corrected chi connectivity index (χ3v) is 3.90. The summed E-state index contributed by atoms with van der Waals surface area (Å²) in [7, 11) is 0. The third-order valence-electron chi connectivity index (χ3n) is 2.71. The summed E-state index contributed by atoms with van der Waals surface area (Å²) >= 11 is 1.26. The molecule has 6 heteroatoms. The molecule has 0 aliphatic rings. The molecule has 0 spiro atoms. The van der Waals surface area contributed by atoms with Crippen molar-refractivity contribution in [3.8, 4) is 6.07 Å². The van der Waals surface area contributed by atoms with Gasteiger partial charge in [-0.2, -0.15) is 5.26 Å². The van der Waals surface area contributed by atoms with Gasteiger partial charge in [0, 0.05) is 24.0 Å². The molecule has 0 fully saturated rings. The lowest BCUT2D eigenvalue weighted by Gasteiger charge is -2.18. The molecule has 0 unspecified atom stereocenters. The van der Waals surface area contributed by atoms with E-state index in [1.807, 2.05) is 19.9 Å². The molecule has 0 aliphatic carbocycles. The monoisotopic (exact) mass is 292 g/mol. The first-order chi connectivity index (χ1) is 9.49. The number of rotatable bonds is 6. The number of aryl methyl sites for hydroxylation is 1. The number of hydrogen-bond acceptors (Lipinski definition) is 4. The summed E-state index contributed by atoms with van der Waals surface area (Å²) < 4.78 is 0. The number of nitrogens with zero attached hydrogens (tertiary/aromatic N) is 2. The molecule has 0 radical (unpaired) electrons. The average Bonchev–Trinajstić information content (AvgIpc) is 2.78. The molecule has 0 saturated carbocycles. The second kappa shape index (κ2) is 7.46. The number of carbonyl (C=O) groups is 2. The average molecular weight is 292 g/mol. The highest BCUT2D eigenvalue weighted by Gasteiger charge is 2.17. The standard InChI is InChI=1S/C14H16N2O3S/c1-3-16(8-4-7-15)14(19)12-9-10(2)11(20-12)5-6-13(17)18/h5-6,9H,3-4,8H2,1-2H3,(H,17,18)/b6-5+. The second-order valence-corrected chi connectivity index (χ2v) is 5.21. The molecule has 1 aromatic rings. The fraction of sp³-hybridized carbons (Fsp3) is 0.357. The number of carboxylic acids is 1. The molecular formula is C14H16N2O3S. The topological polar surface area (TPSA) is 81.4 Å². The van der Waals surface area contributed by atoms with Crippen LogP contribution in [0.5, 0.6) is 0 Å². The van der Waals surface area contributed by atoms with Gasteiger partial charge < -0.3 is 10.0 Å². The Morgan fingerprint density at radius 1 is 1.55 bits per heavy atom. The van der Waals surface area contributed by atoms with Crippen molar-refractivity contribution in [3.63, 3.8) is 0 Å². The fourth-order valence-electron chi connectivity index (χ4n) is 1.66. The largest absolute Gasteiger partial charge is 0.478 e. The van der Waals surface area contributed by atoms with Crippen LogP contribution in [-0.4, -0.2) is 35.0 Å². The van der Waals surface area contributed by atoms with Gasteiger partial charge in [0.1, 0.15) is 0 Å². The molecule has 20 heavy (non-hydrogen) atoms. The van der Waals surface area contributed by atoms with E-state index in [-0.39, 0.29) is 5.91 Å². The smallest absolute Gasteiger partial charge is 0.328 e. The number of hydrogen-bond donors (Lipinski definition) is 1. The van der Waals surface area contributed by atoms with Gasteiger partial charge in [0.05, 0.1) is 17.4 Å². The highest BCUT2D eigenvalue weighted by molar-refractivity contribution is 7.15. The zero-order chi connectivity index (χ0) is 15.1. The molecule has 1 aromatic heterocycles. The molecule has 0 bridgehead atoms. The van der Waals surface area contributed by atoms with E-state index in [1.54, 1.807) is 11.0 Å². The van der Waals surface area contributed by atoms with E-state index in [0.717, 1.165) is 16.5 Å². The Labute approximate surface area is 121 Å². The first kappa shape index (κ1) is 15.9. The Bertz CT molecular complexity index is 569. The molecular weight excluding hydrogens is 276 g/mol. The molecule has 0 atom stereocenters. The first-order valence-corrected chi connectivity index (χ1v) is 6.98.